The average Bonchev–Trinajstić information content (AvgIpc) is 3.24. The number of pyridine rings is 1. The van der Waals surface area contributed by atoms with Gasteiger partial charge in [-0.05, 0) is 37.3 Å². The van der Waals surface area contributed by atoms with Gasteiger partial charge in [-0.3, -0.25) is 14.4 Å². The van der Waals surface area contributed by atoms with Gasteiger partial charge in [-0.25, -0.2) is 15.4 Å². The van der Waals surface area contributed by atoms with Gasteiger partial charge in [0.2, 0.25) is 0 Å². The molecule has 0 fully saturated rings. The maximum atomic E-state index is 11.5. The first-order valence-electron chi connectivity index (χ1n) is 7.97. The highest BCUT2D eigenvalue weighted by Crippen LogP contribution is 2.30. The Morgan fingerprint density at radius 1 is 1.26 bits per heavy atom. The molecule has 0 unspecified atom stereocenters. The molecule has 7 nitrogen and oxygen atoms in total. The van der Waals surface area contributed by atoms with Gasteiger partial charge in [0.1, 0.15) is 11.3 Å². The summed E-state index contributed by atoms with van der Waals surface area (Å²) in [5, 5.41) is 15.2. The van der Waals surface area contributed by atoms with E-state index < -0.39 is 5.91 Å². The Labute approximate surface area is 163 Å². The number of amides is 1. The SMILES string of the molecule is Cc1nc2ccc(Cl)cn2c1-c1csc(Nc2cccc(C(=O)NO)c2)n1. The molecule has 27 heavy (non-hydrogen) atoms. The number of anilines is 2. The van der Waals surface area contributed by atoms with E-state index >= 15 is 0 Å². The fraction of sp³-hybridized carbons (Fsp3) is 0.0556. The maximum absolute atomic E-state index is 11.5. The van der Waals surface area contributed by atoms with Crippen LogP contribution in [0.15, 0.2) is 48.0 Å². The molecule has 0 aliphatic carbocycles. The van der Waals surface area contributed by atoms with Crippen molar-refractivity contribution in [3.05, 3.63) is 64.3 Å². The minimum Gasteiger partial charge on any atom is -0.332 e. The number of aryl methyl sites for hydroxylation is 1. The topological polar surface area (TPSA) is 91.5 Å². The van der Waals surface area contributed by atoms with Gasteiger partial charge in [0.05, 0.1) is 16.4 Å². The smallest absolute Gasteiger partial charge is 0.274 e. The zero-order valence-corrected chi connectivity index (χ0v) is 15.7. The van der Waals surface area contributed by atoms with Crippen LogP contribution in [0.5, 0.6) is 0 Å². The van der Waals surface area contributed by atoms with Crippen LogP contribution < -0.4 is 10.8 Å². The van der Waals surface area contributed by atoms with Crippen LogP contribution in [0.25, 0.3) is 17.0 Å². The Bertz CT molecular complexity index is 1150. The van der Waals surface area contributed by atoms with E-state index in [0.29, 0.717) is 21.4 Å². The third-order valence-corrected chi connectivity index (χ3v) is 4.96. The van der Waals surface area contributed by atoms with Gasteiger partial charge in [-0.1, -0.05) is 17.7 Å². The molecule has 0 saturated carbocycles. The Balaban J connectivity index is 1.66. The van der Waals surface area contributed by atoms with Gasteiger partial charge in [0, 0.05) is 22.8 Å². The molecular weight excluding hydrogens is 386 g/mol. The minimum atomic E-state index is -0.572. The molecule has 3 N–H and O–H groups in total. The zero-order valence-electron chi connectivity index (χ0n) is 14.1. The molecule has 3 aromatic heterocycles. The number of benzene rings is 1. The molecule has 9 heteroatoms. The number of halogens is 1. The van der Waals surface area contributed by atoms with Crippen molar-refractivity contribution in [1.29, 1.82) is 0 Å². The van der Waals surface area contributed by atoms with Crippen molar-refractivity contribution in [3.63, 3.8) is 0 Å². The summed E-state index contributed by atoms with van der Waals surface area (Å²) in [5.74, 6) is -0.572. The standard InChI is InChI=1S/C18H14ClN5O2S/c1-10-16(24-8-12(19)5-6-15(24)20-10)14-9-27-18(22-14)21-13-4-2-3-11(7-13)17(25)23-26/h2-9,26H,1H3,(H,21,22)(H,23,25). The van der Waals surface area contributed by atoms with E-state index in [2.05, 4.69) is 15.3 Å². The second kappa shape index (κ2) is 6.99. The monoisotopic (exact) mass is 399 g/mol. The van der Waals surface area contributed by atoms with Gasteiger partial charge in [0.25, 0.3) is 5.91 Å². The van der Waals surface area contributed by atoms with E-state index in [1.807, 2.05) is 35.0 Å². The third-order valence-electron chi connectivity index (χ3n) is 3.98. The van der Waals surface area contributed by atoms with E-state index in [9.17, 15) is 4.79 Å². The summed E-state index contributed by atoms with van der Waals surface area (Å²) in [4.78, 5) is 20.7. The summed E-state index contributed by atoms with van der Waals surface area (Å²) in [6.07, 6.45) is 1.82. The molecule has 1 amide bonds. The van der Waals surface area contributed by atoms with E-state index in [1.54, 1.807) is 29.7 Å². The number of nitrogens with zero attached hydrogens (tertiary/aromatic N) is 3. The molecule has 4 aromatic rings. The van der Waals surface area contributed by atoms with E-state index in [0.717, 1.165) is 22.7 Å². The Morgan fingerprint density at radius 3 is 2.93 bits per heavy atom. The highest BCUT2D eigenvalue weighted by molar-refractivity contribution is 7.14. The fourth-order valence-electron chi connectivity index (χ4n) is 2.81. The maximum Gasteiger partial charge on any atom is 0.274 e. The van der Waals surface area contributed by atoms with E-state index in [4.69, 9.17) is 16.8 Å². The lowest BCUT2D eigenvalue weighted by atomic mass is 10.2. The van der Waals surface area contributed by atoms with Crippen LogP contribution in [0.4, 0.5) is 10.8 Å². The van der Waals surface area contributed by atoms with Gasteiger partial charge in [-0.2, -0.15) is 0 Å². The number of carbonyl (C=O) groups is 1. The van der Waals surface area contributed by atoms with Crippen LogP contribution in [0.2, 0.25) is 5.02 Å². The molecule has 0 aliphatic rings. The predicted octanol–water partition coefficient (Wildman–Crippen LogP) is 4.28. The second-order valence-corrected chi connectivity index (χ2v) is 7.10. The first kappa shape index (κ1) is 17.5. The Kier molecular flexibility index (Phi) is 4.53. The molecular formula is C18H14ClN5O2S. The lowest BCUT2D eigenvalue weighted by Gasteiger charge is -2.05. The first-order chi connectivity index (χ1) is 13.0. The van der Waals surface area contributed by atoms with Crippen molar-refractivity contribution < 1.29 is 10.0 Å². The van der Waals surface area contributed by atoms with Crippen molar-refractivity contribution in [2.24, 2.45) is 0 Å². The lowest BCUT2D eigenvalue weighted by molar-refractivity contribution is 0.0706. The van der Waals surface area contributed by atoms with Gasteiger partial charge >= 0.3 is 0 Å². The van der Waals surface area contributed by atoms with Crippen LogP contribution in [0, 0.1) is 6.92 Å². The minimum absolute atomic E-state index is 0.339. The van der Waals surface area contributed by atoms with E-state index in [-0.39, 0.29) is 0 Å². The number of imidazole rings is 1. The average molecular weight is 400 g/mol. The summed E-state index contributed by atoms with van der Waals surface area (Å²) in [6, 6.07) is 10.4. The number of nitrogens with one attached hydrogen (secondary N) is 2. The normalized spacial score (nSPS) is 10.9. The summed E-state index contributed by atoms with van der Waals surface area (Å²) in [5.41, 5.74) is 5.97. The molecule has 136 valence electrons. The van der Waals surface area contributed by atoms with Gasteiger partial charge in [-0.15, -0.1) is 11.3 Å². The van der Waals surface area contributed by atoms with Gasteiger partial charge in [0.15, 0.2) is 5.13 Å². The number of thiazole rings is 1. The molecule has 0 saturated heterocycles. The quantitative estimate of drug-likeness (QED) is 0.352. The van der Waals surface area contributed by atoms with Crippen molar-refractivity contribution in [3.8, 4) is 11.4 Å². The number of carbonyl (C=O) groups excluding carboxylic acids is 1. The number of fused-ring (bicyclic) bond motifs is 1. The molecule has 0 spiro atoms. The van der Waals surface area contributed by atoms with Crippen molar-refractivity contribution >= 4 is 45.3 Å². The summed E-state index contributed by atoms with van der Waals surface area (Å²) >= 11 is 7.56. The van der Waals surface area contributed by atoms with E-state index in [1.165, 1.54) is 11.3 Å². The number of rotatable bonds is 4. The van der Waals surface area contributed by atoms with Crippen LogP contribution >= 0.6 is 22.9 Å². The molecule has 0 bridgehead atoms. The van der Waals surface area contributed by atoms with Crippen molar-refractivity contribution in [2.45, 2.75) is 6.92 Å². The molecule has 4 rings (SSSR count). The highest BCUT2D eigenvalue weighted by Gasteiger charge is 2.15. The summed E-state index contributed by atoms with van der Waals surface area (Å²) < 4.78 is 1.92. The van der Waals surface area contributed by atoms with Crippen LogP contribution in [0.3, 0.4) is 0 Å². The third kappa shape index (κ3) is 3.37. The predicted molar refractivity (Wildman–Crippen MR) is 105 cm³/mol. The number of aromatic nitrogens is 3. The first-order valence-corrected chi connectivity index (χ1v) is 9.22. The highest BCUT2D eigenvalue weighted by atomic mass is 35.5. The summed E-state index contributed by atoms with van der Waals surface area (Å²) in [7, 11) is 0. The van der Waals surface area contributed by atoms with Crippen LogP contribution in [0.1, 0.15) is 16.1 Å². The second-order valence-electron chi connectivity index (χ2n) is 5.81. The van der Waals surface area contributed by atoms with Crippen molar-refractivity contribution in [1.82, 2.24) is 19.8 Å². The molecule has 0 radical (unpaired) electrons. The molecule has 0 aliphatic heterocycles. The lowest BCUT2D eigenvalue weighted by Crippen LogP contribution is -2.18. The zero-order chi connectivity index (χ0) is 19.0. The molecule has 1 aromatic carbocycles. The van der Waals surface area contributed by atoms with Crippen molar-refractivity contribution in [2.75, 3.05) is 5.32 Å². The largest absolute Gasteiger partial charge is 0.332 e. The van der Waals surface area contributed by atoms with Gasteiger partial charge < -0.3 is 5.32 Å². The molecule has 0 atom stereocenters. The fourth-order valence-corrected chi connectivity index (χ4v) is 3.69. The van der Waals surface area contributed by atoms with Crippen LogP contribution in [-0.4, -0.2) is 25.5 Å². The Hall–Kier alpha value is -2.94. The number of hydroxylamine groups is 1. The number of hydrogen-bond acceptors (Lipinski definition) is 6. The van der Waals surface area contributed by atoms with Crippen LogP contribution in [-0.2, 0) is 0 Å². The number of hydrogen-bond donors (Lipinski definition) is 3. The summed E-state index contributed by atoms with van der Waals surface area (Å²) in [6.45, 7) is 1.93. The molecule has 3 heterocycles. The Morgan fingerprint density at radius 2 is 2.11 bits per heavy atom.